The molecular formula is C14H9Cl2F2N5OS. The van der Waals surface area contributed by atoms with E-state index in [0.29, 0.717) is 15.8 Å². The number of rotatable bonds is 5. The van der Waals surface area contributed by atoms with E-state index in [1.165, 1.54) is 35.9 Å². The number of hydrogen-bond acceptors (Lipinski definition) is 5. The Morgan fingerprint density at radius 1 is 1.32 bits per heavy atom. The molecule has 3 rings (SSSR count). The Hall–Kier alpha value is -2.23. The van der Waals surface area contributed by atoms with E-state index in [1.54, 1.807) is 11.4 Å². The molecule has 1 aromatic carbocycles. The Balaban J connectivity index is 1.81. The average molecular weight is 404 g/mol. The largest absolute Gasteiger partial charge is 0.297 e. The van der Waals surface area contributed by atoms with Gasteiger partial charge in [0.25, 0.3) is 12.3 Å². The molecule has 0 saturated carbocycles. The lowest BCUT2D eigenvalue weighted by Gasteiger charge is -2.10. The van der Waals surface area contributed by atoms with Crippen molar-refractivity contribution in [1.29, 1.82) is 0 Å². The quantitative estimate of drug-likeness (QED) is 0.621. The third-order valence-corrected chi connectivity index (χ3v) is 4.36. The molecule has 0 bridgehead atoms. The van der Waals surface area contributed by atoms with E-state index in [4.69, 9.17) is 23.2 Å². The van der Waals surface area contributed by atoms with Crippen molar-refractivity contribution in [3.63, 3.8) is 0 Å². The van der Waals surface area contributed by atoms with Gasteiger partial charge in [-0.3, -0.25) is 15.6 Å². The van der Waals surface area contributed by atoms with E-state index in [0.717, 1.165) is 4.68 Å². The van der Waals surface area contributed by atoms with Crippen molar-refractivity contribution in [2.45, 2.75) is 6.43 Å². The second-order valence-corrected chi connectivity index (χ2v) is 6.41. The molecule has 130 valence electrons. The fraction of sp³-hybridized carbons (Fsp3) is 0.0714. The van der Waals surface area contributed by atoms with Gasteiger partial charge in [-0.15, -0.1) is 11.3 Å². The summed E-state index contributed by atoms with van der Waals surface area (Å²) >= 11 is 13.0. The van der Waals surface area contributed by atoms with Gasteiger partial charge in [0.2, 0.25) is 5.13 Å². The van der Waals surface area contributed by atoms with Gasteiger partial charge in [-0.1, -0.05) is 23.2 Å². The number of hydrogen-bond donors (Lipinski definition) is 2. The Bertz CT molecular complexity index is 901. The maximum absolute atomic E-state index is 13.2. The van der Waals surface area contributed by atoms with E-state index in [9.17, 15) is 13.6 Å². The highest BCUT2D eigenvalue weighted by molar-refractivity contribution is 7.12. The van der Waals surface area contributed by atoms with Crippen LogP contribution < -0.4 is 10.9 Å². The zero-order valence-corrected chi connectivity index (χ0v) is 14.5. The van der Waals surface area contributed by atoms with Crippen LogP contribution in [0.2, 0.25) is 10.0 Å². The number of benzene rings is 1. The van der Waals surface area contributed by atoms with Crippen molar-refractivity contribution < 1.29 is 13.6 Å². The van der Waals surface area contributed by atoms with Crippen LogP contribution in [0.15, 0.2) is 36.0 Å². The third-order valence-electron chi connectivity index (χ3n) is 3.05. The predicted octanol–water partition coefficient (Wildman–Crippen LogP) is 4.33. The number of thiazole rings is 1. The van der Waals surface area contributed by atoms with Gasteiger partial charge in [0.05, 0.1) is 16.3 Å². The number of amides is 1. The molecule has 0 saturated heterocycles. The van der Waals surface area contributed by atoms with E-state index < -0.39 is 18.0 Å². The van der Waals surface area contributed by atoms with Crippen LogP contribution in [0.4, 0.5) is 14.5 Å². The van der Waals surface area contributed by atoms with Crippen LogP contribution in [0.3, 0.4) is 0 Å². The van der Waals surface area contributed by atoms with Crippen molar-refractivity contribution in [2.75, 3.05) is 5.43 Å². The molecule has 3 aromatic rings. The standard InChI is InChI=1S/C14H9Cl2F2N5OS/c15-7-1-2-10(9(16)5-7)20-21-13(24)8-6-23(14-19-3-4-25-14)22-11(8)12(17)18/h1-6,12,20H,(H,21,24). The molecule has 0 spiro atoms. The van der Waals surface area contributed by atoms with Crippen molar-refractivity contribution in [1.82, 2.24) is 20.2 Å². The summed E-state index contributed by atoms with van der Waals surface area (Å²) in [4.78, 5) is 16.2. The molecule has 2 heterocycles. The minimum absolute atomic E-state index is 0.264. The van der Waals surface area contributed by atoms with Gasteiger partial charge in [-0.25, -0.2) is 18.4 Å². The first kappa shape index (κ1) is 17.6. The minimum atomic E-state index is -2.92. The molecule has 0 radical (unpaired) electrons. The molecule has 0 aliphatic heterocycles. The fourth-order valence-corrected chi connectivity index (χ4v) is 2.96. The summed E-state index contributed by atoms with van der Waals surface area (Å²) in [5.74, 6) is -0.788. The molecule has 25 heavy (non-hydrogen) atoms. The van der Waals surface area contributed by atoms with Gasteiger partial charge in [0.1, 0.15) is 5.69 Å². The highest BCUT2D eigenvalue weighted by atomic mass is 35.5. The normalized spacial score (nSPS) is 10.9. The van der Waals surface area contributed by atoms with Crippen LogP contribution in [0.1, 0.15) is 22.5 Å². The van der Waals surface area contributed by atoms with Gasteiger partial charge in [-0.05, 0) is 18.2 Å². The third kappa shape index (κ3) is 3.89. The summed E-state index contributed by atoms with van der Waals surface area (Å²) in [6, 6.07) is 4.58. The first-order valence-corrected chi connectivity index (χ1v) is 8.38. The molecular weight excluding hydrogens is 395 g/mol. The van der Waals surface area contributed by atoms with Crippen molar-refractivity contribution in [2.24, 2.45) is 0 Å². The SMILES string of the molecule is O=C(NNc1ccc(Cl)cc1Cl)c1cn(-c2nccs2)nc1C(F)F. The second kappa shape index (κ2) is 7.34. The number of carbonyl (C=O) groups excluding carboxylic acids is 1. The second-order valence-electron chi connectivity index (χ2n) is 4.69. The number of anilines is 1. The monoisotopic (exact) mass is 403 g/mol. The molecule has 0 atom stereocenters. The summed E-state index contributed by atoms with van der Waals surface area (Å²) in [5, 5.41) is 6.47. The molecule has 1 amide bonds. The lowest BCUT2D eigenvalue weighted by molar-refractivity contribution is 0.0948. The van der Waals surface area contributed by atoms with Gasteiger partial charge >= 0.3 is 0 Å². The first-order valence-electron chi connectivity index (χ1n) is 6.74. The molecule has 0 aliphatic rings. The van der Waals surface area contributed by atoms with Crippen LogP contribution >= 0.6 is 34.5 Å². The van der Waals surface area contributed by atoms with Crippen molar-refractivity contribution in [3.8, 4) is 5.13 Å². The first-order chi connectivity index (χ1) is 12.0. The van der Waals surface area contributed by atoms with E-state index in [1.807, 2.05) is 0 Å². The maximum Gasteiger partial charge on any atom is 0.282 e. The number of aromatic nitrogens is 3. The van der Waals surface area contributed by atoms with E-state index >= 15 is 0 Å². The predicted molar refractivity (Wildman–Crippen MR) is 91.7 cm³/mol. The minimum Gasteiger partial charge on any atom is -0.297 e. The van der Waals surface area contributed by atoms with Crippen LogP contribution in [0, 0.1) is 0 Å². The van der Waals surface area contributed by atoms with Gasteiger partial charge in [0, 0.05) is 22.8 Å². The number of nitrogens with one attached hydrogen (secondary N) is 2. The number of halogens is 4. The Labute approximate surface area is 154 Å². The molecule has 0 unspecified atom stereocenters. The van der Waals surface area contributed by atoms with E-state index in [2.05, 4.69) is 20.9 Å². The molecule has 6 nitrogen and oxygen atoms in total. The van der Waals surface area contributed by atoms with Crippen LogP contribution in [0.5, 0.6) is 0 Å². The van der Waals surface area contributed by atoms with Crippen molar-refractivity contribution >= 4 is 46.1 Å². The Kier molecular flexibility index (Phi) is 5.16. The Morgan fingerprint density at radius 2 is 2.12 bits per heavy atom. The van der Waals surface area contributed by atoms with Crippen molar-refractivity contribution in [3.05, 3.63) is 57.3 Å². The van der Waals surface area contributed by atoms with Crippen LogP contribution in [0.25, 0.3) is 5.13 Å². The summed E-state index contributed by atoms with van der Waals surface area (Å²) in [7, 11) is 0. The van der Waals surface area contributed by atoms with Gasteiger partial charge in [0.15, 0.2) is 0 Å². The zero-order valence-electron chi connectivity index (χ0n) is 12.2. The lowest BCUT2D eigenvalue weighted by Crippen LogP contribution is -2.30. The van der Waals surface area contributed by atoms with E-state index in [-0.39, 0.29) is 10.6 Å². The number of nitrogens with zero attached hydrogens (tertiary/aromatic N) is 3. The van der Waals surface area contributed by atoms with Crippen LogP contribution in [-0.2, 0) is 0 Å². The average Bonchev–Trinajstić information content (AvgIpc) is 3.23. The Morgan fingerprint density at radius 3 is 2.76 bits per heavy atom. The summed E-state index contributed by atoms with van der Waals surface area (Å²) in [6.07, 6.45) is -0.213. The van der Waals surface area contributed by atoms with Crippen LogP contribution in [-0.4, -0.2) is 20.7 Å². The highest BCUT2D eigenvalue weighted by Crippen LogP contribution is 2.26. The summed E-state index contributed by atoms with van der Waals surface area (Å²) in [6.45, 7) is 0. The molecule has 2 N–H and O–H groups in total. The summed E-state index contributed by atoms with van der Waals surface area (Å²) in [5.41, 5.74) is 4.32. The molecule has 0 fully saturated rings. The topological polar surface area (TPSA) is 71.8 Å². The number of hydrazine groups is 1. The zero-order chi connectivity index (χ0) is 18.0. The summed E-state index contributed by atoms with van der Waals surface area (Å²) < 4.78 is 27.5. The van der Waals surface area contributed by atoms with Gasteiger partial charge < -0.3 is 0 Å². The highest BCUT2D eigenvalue weighted by Gasteiger charge is 2.24. The lowest BCUT2D eigenvalue weighted by atomic mass is 10.2. The maximum atomic E-state index is 13.2. The smallest absolute Gasteiger partial charge is 0.282 e. The molecule has 0 aliphatic carbocycles. The molecule has 11 heteroatoms. The molecule has 2 aromatic heterocycles. The van der Waals surface area contributed by atoms with Gasteiger partial charge in [-0.2, -0.15) is 5.10 Å². The number of carbonyl (C=O) groups is 1. The number of alkyl halides is 2. The fourth-order valence-electron chi connectivity index (χ4n) is 1.93.